The maximum Gasteiger partial charge on any atom is 0.229 e. The Morgan fingerprint density at radius 2 is 1.79 bits per heavy atom. The summed E-state index contributed by atoms with van der Waals surface area (Å²) in [6.07, 6.45) is 0.188. The minimum atomic E-state index is -0.407. The smallest absolute Gasteiger partial charge is 0.229 e. The Kier molecular flexibility index (Phi) is 5.93. The molecule has 7 heteroatoms. The molecule has 0 bridgehead atoms. The fourth-order valence-electron chi connectivity index (χ4n) is 3.17. The van der Waals surface area contributed by atoms with Crippen molar-refractivity contribution < 1.29 is 19.1 Å². The molecule has 3 amide bonds. The summed E-state index contributed by atoms with van der Waals surface area (Å²) in [5.41, 5.74) is 2.17. The molecule has 0 aliphatic carbocycles. The van der Waals surface area contributed by atoms with E-state index in [4.69, 9.17) is 4.74 Å². The molecule has 2 aromatic carbocycles. The number of benzene rings is 2. The highest BCUT2D eigenvalue weighted by Gasteiger charge is 2.34. The molecule has 2 N–H and O–H groups in total. The van der Waals surface area contributed by atoms with Gasteiger partial charge in [-0.25, -0.2) is 0 Å². The van der Waals surface area contributed by atoms with E-state index < -0.39 is 5.92 Å². The minimum Gasteiger partial charge on any atom is -0.497 e. The number of hydrogen-bond donors (Lipinski definition) is 2. The lowest BCUT2D eigenvalue weighted by Gasteiger charge is -2.17. The summed E-state index contributed by atoms with van der Waals surface area (Å²) in [5, 5.41) is 5.51. The summed E-state index contributed by atoms with van der Waals surface area (Å²) in [5.74, 6) is -0.0713. The Balaban J connectivity index is 1.59. The number of carbonyl (C=O) groups excluding carboxylic acids is 3. The molecule has 28 heavy (non-hydrogen) atoms. The number of nitrogens with zero attached hydrogens (tertiary/aromatic N) is 1. The zero-order valence-electron chi connectivity index (χ0n) is 15.9. The first-order valence-corrected chi connectivity index (χ1v) is 9.04. The predicted molar refractivity (Wildman–Crippen MR) is 106 cm³/mol. The number of anilines is 2. The Labute approximate surface area is 163 Å². The number of hydrogen-bond acceptors (Lipinski definition) is 4. The highest BCUT2D eigenvalue weighted by molar-refractivity contribution is 5.98. The lowest BCUT2D eigenvalue weighted by molar-refractivity contribution is -0.128. The second-order valence-electron chi connectivity index (χ2n) is 6.77. The molecule has 7 nitrogen and oxygen atoms in total. The van der Waals surface area contributed by atoms with Gasteiger partial charge in [0.25, 0.3) is 0 Å². The van der Waals surface area contributed by atoms with Crippen LogP contribution in [0.4, 0.5) is 11.4 Å². The van der Waals surface area contributed by atoms with Gasteiger partial charge in [0.2, 0.25) is 17.7 Å². The number of likely N-dealkylation sites (tertiary alicyclic amines) is 1. The third-order valence-corrected chi connectivity index (χ3v) is 4.57. The van der Waals surface area contributed by atoms with Gasteiger partial charge >= 0.3 is 0 Å². The molecule has 1 unspecified atom stereocenters. The topological polar surface area (TPSA) is 87.7 Å². The first-order valence-electron chi connectivity index (χ1n) is 9.04. The van der Waals surface area contributed by atoms with E-state index in [2.05, 4.69) is 10.6 Å². The van der Waals surface area contributed by atoms with E-state index >= 15 is 0 Å². The highest BCUT2D eigenvalue weighted by atomic mass is 16.5. The SMILES string of the molecule is COc1ccc(CN2CC(C(=O)Nc3cccc(NC(C)=O)c3)CC2=O)cc1. The van der Waals surface area contributed by atoms with E-state index in [1.807, 2.05) is 24.3 Å². The number of amides is 3. The van der Waals surface area contributed by atoms with Crippen LogP contribution in [-0.4, -0.2) is 36.3 Å². The molecular weight excluding hydrogens is 358 g/mol. The average molecular weight is 381 g/mol. The van der Waals surface area contributed by atoms with Crippen molar-refractivity contribution in [1.29, 1.82) is 0 Å². The van der Waals surface area contributed by atoms with E-state index in [0.717, 1.165) is 11.3 Å². The van der Waals surface area contributed by atoms with Crippen molar-refractivity contribution in [2.24, 2.45) is 5.92 Å². The first-order chi connectivity index (χ1) is 13.4. The normalized spacial score (nSPS) is 16.0. The van der Waals surface area contributed by atoms with E-state index in [0.29, 0.717) is 24.5 Å². The van der Waals surface area contributed by atoms with Gasteiger partial charge in [-0.15, -0.1) is 0 Å². The number of ether oxygens (including phenoxy) is 1. The van der Waals surface area contributed by atoms with Crippen molar-refractivity contribution in [1.82, 2.24) is 4.90 Å². The maximum atomic E-state index is 12.6. The van der Waals surface area contributed by atoms with Crippen LogP contribution < -0.4 is 15.4 Å². The lowest BCUT2D eigenvalue weighted by Crippen LogP contribution is -2.28. The third-order valence-electron chi connectivity index (χ3n) is 4.57. The number of nitrogens with one attached hydrogen (secondary N) is 2. The Bertz CT molecular complexity index is 879. The number of carbonyl (C=O) groups is 3. The Morgan fingerprint density at radius 1 is 1.11 bits per heavy atom. The monoisotopic (exact) mass is 381 g/mol. The molecular formula is C21H23N3O4. The molecule has 1 atom stereocenters. The molecule has 0 radical (unpaired) electrons. The van der Waals surface area contributed by atoms with Crippen molar-refractivity contribution >= 4 is 29.1 Å². The molecule has 2 aromatic rings. The van der Waals surface area contributed by atoms with Gasteiger partial charge in [0, 0.05) is 37.8 Å². The summed E-state index contributed by atoms with van der Waals surface area (Å²) < 4.78 is 5.14. The van der Waals surface area contributed by atoms with Crippen LogP contribution >= 0.6 is 0 Å². The highest BCUT2D eigenvalue weighted by Crippen LogP contribution is 2.23. The molecule has 1 heterocycles. The van der Waals surface area contributed by atoms with Gasteiger partial charge in [-0.05, 0) is 35.9 Å². The van der Waals surface area contributed by atoms with Crippen molar-refractivity contribution in [3.63, 3.8) is 0 Å². The molecule has 0 spiro atoms. The summed E-state index contributed by atoms with van der Waals surface area (Å²) >= 11 is 0. The van der Waals surface area contributed by atoms with Crippen LogP contribution in [0.1, 0.15) is 18.9 Å². The van der Waals surface area contributed by atoms with Crippen molar-refractivity contribution in [3.8, 4) is 5.75 Å². The quantitative estimate of drug-likeness (QED) is 0.805. The summed E-state index contributed by atoms with van der Waals surface area (Å²) in [6, 6.07) is 14.4. The second kappa shape index (κ2) is 8.56. The molecule has 0 saturated carbocycles. The fourth-order valence-corrected chi connectivity index (χ4v) is 3.17. The third kappa shape index (κ3) is 4.88. The zero-order valence-corrected chi connectivity index (χ0v) is 15.9. The van der Waals surface area contributed by atoms with Crippen LogP contribution in [0, 0.1) is 5.92 Å². The van der Waals surface area contributed by atoms with Crippen molar-refractivity contribution in [3.05, 3.63) is 54.1 Å². The van der Waals surface area contributed by atoms with Gasteiger partial charge in [-0.3, -0.25) is 14.4 Å². The molecule has 146 valence electrons. The number of rotatable bonds is 6. The van der Waals surface area contributed by atoms with Crippen molar-refractivity contribution in [2.45, 2.75) is 19.9 Å². The van der Waals surface area contributed by atoms with Gasteiger partial charge in [0.1, 0.15) is 5.75 Å². The van der Waals surface area contributed by atoms with Crippen molar-refractivity contribution in [2.75, 3.05) is 24.3 Å². The van der Waals surface area contributed by atoms with Crippen LogP contribution in [0.15, 0.2) is 48.5 Å². The van der Waals surface area contributed by atoms with E-state index in [1.165, 1.54) is 6.92 Å². The molecule has 1 aliphatic heterocycles. The van der Waals surface area contributed by atoms with Gasteiger partial charge in [-0.1, -0.05) is 18.2 Å². The average Bonchev–Trinajstić information content (AvgIpc) is 3.03. The van der Waals surface area contributed by atoms with Crippen LogP contribution in [0.3, 0.4) is 0 Å². The predicted octanol–water partition coefficient (Wildman–Crippen LogP) is 2.64. The van der Waals surface area contributed by atoms with E-state index in [1.54, 1.807) is 36.3 Å². The zero-order chi connectivity index (χ0) is 20.1. The van der Waals surface area contributed by atoms with Crippen LogP contribution in [-0.2, 0) is 20.9 Å². The molecule has 1 saturated heterocycles. The van der Waals surface area contributed by atoms with Crippen LogP contribution in [0.25, 0.3) is 0 Å². The summed E-state index contributed by atoms with van der Waals surface area (Å²) in [6.45, 7) is 2.26. The number of methoxy groups -OCH3 is 1. The van der Waals surface area contributed by atoms with E-state index in [-0.39, 0.29) is 24.1 Å². The standard InChI is InChI=1S/C21H23N3O4/c1-14(25)22-17-4-3-5-18(11-17)23-21(27)16-10-20(26)24(13-16)12-15-6-8-19(28-2)9-7-15/h3-9,11,16H,10,12-13H2,1-2H3,(H,22,25)(H,23,27). The molecule has 1 fully saturated rings. The molecule has 3 rings (SSSR count). The summed E-state index contributed by atoms with van der Waals surface area (Å²) in [4.78, 5) is 37.8. The molecule has 1 aliphatic rings. The lowest BCUT2D eigenvalue weighted by atomic mass is 10.1. The van der Waals surface area contributed by atoms with Gasteiger partial charge in [0.15, 0.2) is 0 Å². The largest absolute Gasteiger partial charge is 0.497 e. The van der Waals surface area contributed by atoms with Crippen LogP contribution in [0.5, 0.6) is 5.75 Å². The minimum absolute atomic E-state index is 0.0389. The first kappa shape index (κ1) is 19.4. The van der Waals surface area contributed by atoms with Gasteiger partial charge in [-0.2, -0.15) is 0 Å². The second-order valence-corrected chi connectivity index (χ2v) is 6.77. The summed E-state index contributed by atoms with van der Waals surface area (Å²) in [7, 11) is 1.61. The molecule has 0 aromatic heterocycles. The van der Waals surface area contributed by atoms with E-state index in [9.17, 15) is 14.4 Å². The Morgan fingerprint density at radius 3 is 2.43 bits per heavy atom. The van der Waals surface area contributed by atoms with Crippen LogP contribution in [0.2, 0.25) is 0 Å². The maximum absolute atomic E-state index is 12.6. The van der Waals surface area contributed by atoms with Gasteiger partial charge < -0.3 is 20.3 Å². The van der Waals surface area contributed by atoms with Gasteiger partial charge in [0.05, 0.1) is 13.0 Å². The fraction of sp³-hybridized carbons (Fsp3) is 0.286. The Hall–Kier alpha value is -3.35.